The molecule has 10 heteroatoms. The molecule has 0 saturated carbocycles. The van der Waals surface area contributed by atoms with E-state index in [0.29, 0.717) is 0 Å². The number of hydrogen-bond donors (Lipinski definition) is 3. The Morgan fingerprint density at radius 2 is 1.53 bits per heavy atom. The SMILES string of the molecule is CC(C)C(=O)CN(C)C(=O)CCCC(=O)Nc1cc(C(=O)NCC(=O)O)cc(C(=O)C(C)C)c1. The number of amides is 3. The summed E-state index contributed by atoms with van der Waals surface area (Å²) in [5.41, 5.74) is 0.456. The molecule has 0 saturated heterocycles. The first-order valence-electron chi connectivity index (χ1n) is 11.1. The molecule has 0 bridgehead atoms. The second-order valence-corrected chi connectivity index (χ2v) is 8.67. The molecule has 0 spiro atoms. The molecular weight excluding hydrogens is 442 g/mol. The number of carboxylic acid groups (broad SMARTS) is 1. The van der Waals surface area contributed by atoms with E-state index in [4.69, 9.17) is 5.11 Å². The van der Waals surface area contributed by atoms with Crippen LogP contribution >= 0.6 is 0 Å². The van der Waals surface area contributed by atoms with Gasteiger partial charge in [0.15, 0.2) is 11.6 Å². The van der Waals surface area contributed by atoms with Crippen molar-refractivity contribution >= 4 is 40.9 Å². The number of aliphatic carboxylic acids is 1. The minimum absolute atomic E-state index is 0.0145. The topological polar surface area (TPSA) is 150 Å². The van der Waals surface area contributed by atoms with Gasteiger partial charge in [0.05, 0.1) is 6.54 Å². The summed E-state index contributed by atoms with van der Waals surface area (Å²) in [5, 5.41) is 13.6. The number of likely N-dealkylation sites (N-methyl/N-ethyl adjacent to an activating group) is 1. The molecule has 0 unspecified atom stereocenters. The third-order valence-electron chi connectivity index (χ3n) is 4.95. The van der Waals surface area contributed by atoms with E-state index in [1.165, 1.54) is 30.1 Å². The summed E-state index contributed by atoms with van der Waals surface area (Å²) in [5.74, 6) is -3.39. The summed E-state index contributed by atoms with van der Waals surface area (Å²) in [6.45, 7) is 6.34. The number of nitrogens with zero attached hydrogens (tertiary/aromatic N) is 1. The van der Waals surface area contributed by atoms with E-state index in [-0.39, 0.29) is 71.9 Å². The third-order valence-corrected chi connectivity index (χ3v) is 4.95. The minimum Gasteiger partial charge on any atom is -0.480 e. The number of carbonyl (C=O) groups excluding carboxylic acids is 5. The Balaban J connectivity index is 2.82. The van der Waals surface area contributed by atoms with Crippen molar-refractivity contribution in [3.8, 4) is 0 Å². The van der Waals surface area contributed by atoms with Crippen molar-refractivity contribution in [3.05, 3.63) is 29.3 Å². The fourth-order valence-corrected chi connectivity index (χ4v) is 2.88. The Morgan fingerprint density at radius 1 is 0.912 bits per heavy atom. The molecule has 1 aromatic rings. The highest BCUT2D eigenvalue weighted by Gasteiger charge is 2.18. The van der Waals surface area contributed by atoms with Gasteiger partial charge in [0.2, 0.25) is 11.8 Å². The van der Waals surface area contributed by atoms with Crippen LogP contribution in [0.15, 0.2) is 18.2 Å². The van der Waals surface area contributed by atoms with Crippen molar-refractivity contribution < 1.29 is 33.9 Å². The van der Waals surface area contributed by atoms with Crippen LogP contribution in [-0.2, 0) is 19.2 Å². The Labute approximate surface area is 199 Å². The predicted molar refractivity (Wildman–Crippen MR) is 126 cm³/mol. The van der Waals surface area contributed by atoms with Gasteiger partial charge in [-0.1, -0.05) is 27.7 Å². The molecule has 0 aliphatic carbocycles. The first-order valence-corrected chi connectivity index (χ1v) is 11.1. The molecule has 186 valence electrons. The van der Waals surface area contributed by atoms with Gasteiger partial charge in [0.1, 0.15) is 6.54 Å². The molecule has 0 fully saturated rings. The van der Waals surface area contributed by atoms with Crippen molar-refractivity contribution in [1.29, 1.82) is 0 Å². The summed E-state index contributed by atoms with van der Waals surface area (Å²) < 4.78 is 0. The maximum Gasteiger partial charge on any atom is 0.322 e. The normalized spacial score (nSPS) is 10.7. The summed E-state index contributed by atoms with van der Waals surface area (Å²) >= 11 is 0. The molecule has 0 radical (unpaired) electrons. The molecule has 10 nitrogen and oxygen atoms in total. The zero-order valence-electron chi connectivity index (χ0n) is 20.3. The summed E-state index contributed by atoms with van der Waals surface area (Å²) in [6, 6.07) is 4.15. The highest BCUT2D eigenvalue weighted by molar-refractivity contribution is 6.04. The van der Waals surface area contributed by atoms with Crippen LogP contribution in [-0.4, -0.2) is 65.4 Å². The van der Waals surface area contributed by atoms with Gasteiger partial charge < -0.3 is 20.6 Å². The van der Waals surface area contributed by atoms with Gasteiger partial charge in [-0.2, -0.15) is 0 Å². The monoisotopic (exact) mass is 475 g/mol. The predicted octanol–water partition coefficient (Wildman–Crippen LogP) is 2.13. The van der Waals surface area contributed by atoms with Gasteiger partial charge in [-0.25, -0.2) is 0 Å². The van der Waals surface area contributed by atoms with Crippen molar-refractivity contribution in [2.75, 3.05) is 25.5 Å². The molecule has 3 amide bonds. The van der Waals surface area contributed by atoms with E-state index in [0.717, 1.165) is 0 Å². The number of rotatable bonds is 13. The van der Waals surface area contributed by atoms with Gasteiger partial charge in [-0.3, -0.25) is 28.8 Å². The number of carboxylic acids is 1. The molecule has 1 rings (SSSR count). The number of ketones is 2. The Hall–Kier alpha value is -3.56. The molecule has 34 heavy (non-hydrogen) atoms. The minimum atomic E-state index is -1.22. The van der Waals surface area contributed by atoms with Gasteiger partial charge in [0.25, 0.3) is 5.91 Å². The number of benzene rings is 1. The first kappa shape index (κ1) is 28.5. The second-order valence-electron chi connectivity index (χ2n) is 8.67. The van der Waals surface area contributed by atoms with Crippen LogP contribution in [0.3, 0.4) is 0 Å². The lowest BCUT2D eigenvalue weighted by Crippen LogP contribution is -2.33. The maximum absolute atomic E-state index is 12.4. The van der Waals surface area contributed by atoms with Gasteiger partial charge in [-0.05, 0) is 24.6 Å². The smallest absolute Gasteiger partial charge is 0.322 e. The lowest BCUT2D eigenvalue weighted by atomic mass is 9.98. The molecule has 3 N–H and O–H groups in total. The fraction of sp³-hybridized carbons (Fsp3) is 0.500. The molecule has 0 aliphatic heterocycles. The zero-order valence-corrected chi connectivity index (χ0v) is 20.3. The number of carbonyl (C=O) groups is 6. The number of Topliss-reactive ketones (excluding diaryl/α,β-unsaturated/α-hetero) is 2. The van der Waals surface area contributed by atoms with Crippen molar-refractivity contribution in [2.45, 2.75) is 47.0 Å². The standard InChI is InChI=1S/C24H33N3O7/c1-14(2)19(28)13-27(5)21(30)8-6-7-20(29)26-18-10-16(23(33)15(3)4)9-17(11-18)24(34)25-12-22(31)32/h9-11,14-15H,6-8,12-13H2,1-5H3,(H,25,34)(H,26,29)(H,31,32). The van der Waals surface area contributed by atoms with E-state index in [1.807, 2.05) is 0 Å². The number of nitrogens with one attached hydrogen (secondary N) is 2. The number of anilines is 1. The van der Waals surface area contributed by atoms with Gasteiger partial charge in [-0.15, -0.1) is 0 Å². The molecule has 1 aromatic carbocycles. The van der Waals surface area contributed by atoms with Gasteiger partial charge >= 0.3 is 5.97 Å². The zero-order chi connectivity index (χ0) is 26.0. The van der Waals surface area contributed by atoms with Crippen LogP contribution in [0.5, 0.6) is 0 Å². The largest absolute Gasteiger partial charge is 0.480 e. The molecule has 0 atom stereocenters. The maximum atomic E-state index is 12.4. The average molecular weight is 476 g/mol. The van der Waals surface area contributed by atoms with Crippen LogP contribution in [0.1, 0.15) is 67.7 Å². The van der Waals surface area contributed by atoms with E-state index >= 15 is 0 Å². The van der Waals surface area contributed by atoms with E-state index in [9.17, 15) is 28.8 Å². The lowest BCUT2D eigenvalue weighted by Gasteiger charge is -2.17. The summed E-state index contributed by atoms with van der Waals surface area (Å²) in [7, 11) is 1.54. The molecular formula is C24H33N3O7. The van der Waals surface area contributed by atoms with Crippen molar-refractivity contribution in [1.82, 2.24) is 10.2 Å². The third kappa shape index (κ3) is 9.51. The Kier molecular flexibility index (Phi) is 11.1. The van der Waals surface area contributed by atoms with Crippen LogP contribution < -0.4 is 10.6 Å². The van der Waals surface area contributed by atoms with E-state index < -0.39 is 24.3 Å². The van der Waals surface area contributed by atoms with Crippen LogP contribution in [0.2, 0.25) is 0 Å². The highest BCUT2D eigenvalue weighted by Crippen LogP contribution is 2.19. The summed E-state index contributed by atoms with van der Waals surface area (Å²) in [6.07, 6.45) is 0.353. The van der Waals surface area contributed by atoms with Crippen LogP contribution in [0, 0.1) is 11.8 Å². The second kappa shape index (κ2) is 13.2. The molecule has 0 aliphatic rings. The van der Waals surface area contributed by atoms with E-state index in [1.54, 1.807) is 27.7 Å². The van der Waals surface area contributed by atoms with Crippen molar-refractivity contribution in [2.24, 2.45) is 11.8 Å². The Morgan fingerprint density at radius 3 is 2.09 bits per heavy atom. The van der Waals surface area contributed by atoms with Gasteiger partial charge in [0, 0.05) is 48.5 Å². The van der Waals surface area contributed by atoms with E-state index in [2.05, 4.69) is 10.6 Å². The molecule has 0 heterocycles. The average Bonchev–Trinajstić information content (AvgIpc) is 2.76. The quantitative estimate of drug-likeness (QED) is 0.370. The highest BCUT2D eigenvalue weighted by atomic mass is 16.4. The lowest BCUT2D eigenvalue weighted by molar-refractivity contribution is -0.136. The summed E-state index contributed by atoms with van der Waals surface area (Å²) in [4.78, 5) is 73.1. The fourth-order valence-electron chi connectivity index (χ4n) is 2.88. The molecule has 0 aromatic heterocycles. The number of hydrogen-bond acceptors (Lipinski definition) is 6. The van der Waals surface area contributed by atoms with Crippen LogP contribution in [0.25, 0.3) is 0 Å². The first-order chi connectivity index (χ1) is 15.8. The van der Waals surface area contributed by atoms with Crippen LogP contribution in [0.4, 0.5) is 5.69 Å². The Bertz CT molecular complexity index is 954. The van der Waals surface area contributed by atoms with Crippen molar-refractivity contribution in [3.63, 3.8) is 0 Å².